The Morgan fingerprint density at radius 2 is 1.95 bits per heavy atom. The van der Waals surface area contributed by atoms with Crippen LogP contribution >= 0.6 is 0 Å². The molecular weight excluding hydrogens is 256 g/mol. The van der Waals surface area contributed by atoms with Crippen LogP contribution in [0.1, 0.15) is 10.4 Å². The number of methoxy groups -OCH3 is 1. The number of nitrogens with zero attached hydrogens (tertiary/aromatic N) is 1. The molecule has 2 N–H and O–H groups in total. The highest BCUT2D eigenvalue weighted by atomic mass is 16.5. The van der Waals surface area contributed by atoms with Crippen LogP contribution in [0, 0.1) is 0 Å². The molecule has 0 unspecified atom stereocenters. The SMILES string of the molecule is COc1ccc2nc(-c3ccc(C(=O)O)cc3)[nH]c2c1. The highest BCUT2D eigenvalue weighted by Crippen LogP contribution is 2.23. The summed E-state index contributed by atoms with van der Waals surface area (Å²) in [6.07, 6.45) is 0. The minimum atomic E-state index is -0.939. The molecule has 0 bridgehead atoms. The second kappa shape index (κ2) is 4.70. The van der Waals surface area contributed by atoms with Crippen LogP contribution in [0.4, 0.5) is 0 Å². The van der Waals surface area contributed by atoms with Crippen molar-refractivity contribution >= 4 is 17.0 Å². The van der Waals surface area contributed by atoms with E-state index in [4.69, 9.17) is 9.84 Å². The average Bonchev–Trinajstić information content (AvgIpc) is 2.90. The van der Waals surface area contributed by atoms with E-state index in [0.717, 1.165) is 22.3 Å². The number of ether oxygens (including phenoxy) is 1. The number of benzene rings is 2. The van der Waals surface area contributed by atoms with E-state index in [0.29, 0.717) is 5.82 Å². The van der Waals surface area contributed by atoms with Gasteiger partial charge in [-0.3, -0.25) is 0 Å². The minimum Gasteiger partial charge on any atom is -0.497 e. The lowest BCUT2D eigenvalue weighted by Crippen LogP contribution is -1.95. The third-order valence-electron chi connectivity index (χ3n) is 3.09. The van der Waals surface area contributed by atoms with E-state index in [9.17, 15) is 4.79 Å². The number of carboxylic acids is 1. The fourth-order valence-corrected chi connectivity index (χ4v) is 2.02. The normalized spacial score (nSPS) is 10.7. The molecule has 2 aromatic carbocycles. The summed E-state index contributed by atoms with van der Waals surface area (Å²) in [6, 6.07) is 12.2. The van der Waals surface area contributed by atoms with Gasteiger partial charge in [-0.1, -0.05) is 12.1 Å². The number of carbonyl (C=O) groups is 1. The first-order valence-corrected chi connectivity index (χ1v) is 6.05. The molecule has 5 heteroatoms. The number of nitrogens with one attached hydrogen (secondary N) is 1. The number of fused-ring (bicyclic) bond motifs is 1. The van der Waals surface area contributed by atoms with Crippen LogP contribution in [0.2, 0.25) is 0 Å². The Morgan fingerprint density at radius 1 is 1.20 bits per heavy atom. The molecule has 0 aliphatic carbocycles. The number of hydrogen-bond acceptors (Lipinski definition) is 3. The van der Waals surface area contributed by atoms with Crippen molar-refractivity contribution in [1.29, 1.82) is 0 Å². The van der Waals surface area contributed by atoms with Crippen molar-refractivity contribution in [2.75, 3.05) is 7.11 Å². The lowest BCUT2D eigenvalue weighted by atomic mass is 10.1. The van der Waals surface area contributed by atoms with Gasteiger partial charge in [-0.05, 0) is 24.3 Å². The Balaban J connectivity index is 2.03. The highest BCUT2D eigenvalue weighted by Gasteiger charge is 2.08. The largest absolute Gasteiger partial charge is 0.497 e. The number of hydrogen-bond donors (Lipinski definition) is 2. The molecule has 0 aliphatic rings. The van der Waals surface area contributed by atoms with Crippen molar-refractivity contribution in [1.82, 2.24) is 9.97 Å². The van der Waals surface area contributed by atoms with Crippen LogP contribution in [0.15, 0.2) is 42.5 Å². The van der Waals surface area contributed by atoms with Gasteiger partial charge in [0.05, 0.1) is 23.7 Å². The summed E-state index contributed by atoms with van der Waals surface area (Å²) in [6.45, 7) is 0. The van der Waals surface area contributed by atoms with Crippen molar-refractivity contribution in [3.05, 3.63) is 48.0 Å². The molecule has 0 atom stereocenters. The Hall–Kier alpha value is -2.82. The predicted molar refractivity (Wildman–Crippen MR) is 75.0 cm³/mol. The van der Waals surface area contributed by atoms with Crippen molar-refractivity contribution in [2.24, 2.45) is 0 Å². The lowest BCUT2D eigenvalue weighted by molar-refractivity contribution is 0.0697. The van der Waals surface area contributed by atoms with Gasteiger partial charge in [-0.25, -0.2) is 9.78 Å². The molecule has 0 saturated heterocycles. The van der Waals surface area contributed by atoms with Crippen molar-refractivity contribution in [2.45, 2.75) is 0 Å². The number of rotatable bonds is 3. The Kier molecular flexibility index (Phi) is 2.87. The fourth-order valence-electron chi connectivity index (χ4n) is 2.02. The van der Waals surface area contributed by atoms with Crippen molar-refractivity contribution < 1.29 is 14.6 Å². The first-order valence-electron chi connectivity index (χ1n) is 6.05. The Morgan fingerprint density at radius 3 is 2.60 bits per heavy atom. The van der Waals surface area contributed by atoms with E-state index in [2.05, 4.69) is 9.97 Å². The number of carboxylic acid groups (broad SMARTS) is 1. The molecule has 100 valence electrons. The monoisotopic (exact) mass is 268 g/mol. The van der Waals surface area contributed by atoms with Crippen LogP contribution < -0.4 is 4.74 Å². The summed E-state index contributed by atoms with van der Waals surface area (Å²) in [7, 11) is 1.61. The van der Waals surface area contributed by atoms with Crippen molar-refractivity contribution in [3.8, 4) is 17.1 Å². The topological polar surface area (TPSA) is 75.2 Å². The van der Waals surface area contributed by atoms with Crippen LogP contribution in [-0.2, 0) is 0 Å². The number of imidazole rings is 1. The van der Waals surface area contributed by atoms with E-state index >= 15 is 0 Å². The minimum absolute atomic E-state index is 0.256. The summed E-state index contributed by atoms with van der Waals surface area (Å²) in [5.41, 5.74) is 2.81. The van der Waals surface area contributed by atoms with Crippen LogP contribution in [0.25, 0.3) is 22.4 Å². The first kappa shape index (κ1) is 12.2. The number of aromatic carboxylic acids is 1. The average molecular weight is 268 g/mol. The summed E-state index contributed by atoms with van der Waals surface area (Å²) in [5, 5.41) is 8.88. The van der Waals surface area contributed by atoms with Gasteiger partial charge in [0.2, 0.25) is 0 Å². The molecule has 0 fully saturated rings. The zero-order valence-corrected chi connectivity index (χ0v) is 10.8. The molecule has 0 aliphatic heterocycles. The van der Waals surface area contributed by atoms with Gasteiger partial charge in [0, 0.05) is 11.6 Å². The Bertz CT molecular complexity index is 775. The predicted octanol–water partition coefficient (Wildman–Crippen LogP) is 2.94. The molecular formula is C15H12N2O3. The molecule has 0 radical (unpaired) electrons. The second-order valence-corrected chi connectivity index (χ2v) is 4.35. The molecule has 0 amide bonds. The van der Waals surface area contributed by atoms with Gasteiger partial charge in [0.15, 0.2) is 0 Å². The van der Waals surface area contributed by atoms with E-state index < -0.39 is 5.97 Å². The fraction of sp³-hybridized carbons (Fsp3) is 0.0667. The van der Waals surface area contributed by atoms with E-state index in [1.165, 1.54) is 0 Å². The highest BCUT2D eigenvalue weighted by molar-refractivity contribution is 5.88. The molecule has 0 spiro atoms. The first-order chi connectivity index (χ1) is 9.67. The van der Waals surface area contributed by atoms with Gasteiger partial charge < -0.3 is 14.8 Å². The quantitative estimate of drug-likeness (QED) is 0.765. The third kappa shape index (κ3) is 2.09. The zero-order valence-electron chi connectivity index (χ0n) is 10.8. The molecule has 0 saturated carbocycles. The molecule has 5 nitrogen and oxygen atoms in total. The van der Waals surface area contributed by atoms with Gasteiger partial charge in [0.1, 0.15) is 11.6 Å². The number of H-pyrrole nitrogens is 1. The number of aromatic nitrogens is 2. The third-order valence-corrected chi connectivity index (χ3v) is 3.09. The molecule has 1 aromatic heterocycles. The van der Waals surface area contributed by atoms with Crippen LogP contribution in [-0.4, -0.2) is 28.2 Å². The number of aromatic amines is 1. The second-order valence-electron chi connectivity index (χ2n) is 4.35. The maximum Gasteiger partial charge on any atom is 0.335 e. The maximum absolute atomic E-state index is 10.8. The van der Waals surface area contributed by atoms with Gasteiger partial charge in [-0.15, -0.1) is 0 Å². The summed E-state index contributed by atoms with van der Waals surface area (Å²) in [5.74, 6) is 0.519. The molecule has 3 aromatic rings. The molecule has 20 heavy (non-hydrogen) atoms. The molecule has 1 heterocycles. The van der Waals surface area contributed by atoms with E-state index in [1.54, 1.807) is 31.4 Å². The van der Waals surface area contributed by atoms with Crippen molar-refractivity contribution in [3.63, 3.8) is 0 Å². The Labute approximate surface area is 114 Å². The molecule has 3 rings (SSSR count). The summed E-state index contributed by atoms with van der Waals surface area (Å²) < 4.78 is 5.17. The van der Waals surface area contributed by atoms with Gasteiger partial charge >= 0.3 is 5.97 Å². The summed E-state index contributed by atoms with van der Waals surface area (Å²) in [4.78, 5) is 18.5. The van der Waals surface area contributed by atoms with Crippen LogP contribution in [0.3, 0.4) is 0 Å². The summed E-state index contributed by atoms with van der Waals surface area (Å²) >= 11 is 0. The standard InChI is InChI=1S/C15H12N2O3/c1-20-11-6-7-12-13(8-11)17-14(16-12)9-2-4-10(5-3-9)15(18)19/h2-8H,1H3,(H,16,17)(H,18,19). The van der Waals surface area contributed by atoms with Crippen LogP contribution in [0.5, 0.6) is 5.75 Å². The lowest BCUT2D eigenvalue weighted by Gasteiger charge is -1.98. The zero-order chi connectivity index (χ0) is 14.1. The van der Waals surface area contributed by atoms with Gasteiger partial charge in [-0.2, -0.15) is 0 Å². The van der Waals surface area contributed by atoms with E-state index in [1.807, 2.05) is 18.2 Å². The van der Waals surface area contributed by atoms with Gasteiger partial charge in [0.25, 0.3) is 0 Å². The van der Waals surface area contributed by atoms with E-state index in [-0.39, 0.29) is 5.56 Å². The maximum atomic E-state index is 10.8. The smallest absolute Gasteiger partial charge is 0.335 e.